The SMILES string of the molecule is COCO[C@@H](Cn1c(=O)c(-c2nnnn2C)nc2cc(C)c(C)cc21)[C@H](C)[C@@H](COP(=O)(O)O)OCOC. The molecule has 1 aromatic carbocycles. The average molecular weight is 557 g/mol. The summed E-state index contributed by atoms with van der Waals surface area (Å²) >= 11 is 0. The van der Waals surface area contributed by atoms with Crippen molar-refractivity contribution in [3.8, 4) is 11.5 Å². The summed E-state index contributed by atoms with van der Waals surface area (Å²) in [6.07, 6.45) is -1.59. The van der Waals surface area contributed by atoms with Gasteiger partial charge in [-0.25, -0.2) is 14.2 Å². The summed E-state index contributed by atoms with van der Waals surface area (Å²) in [5.74, 6) is -0.351. The van der Waals surface area contributed by atoms with Crippen molar-refractivity contribution < 1.29 is 37.8 Å². The molecule has 0 saturated carbocycles. The van der Waals surface area contributed by atoms with Crippen LogP contribution in [-0.2, 0) is 41.6 Å². The van der Waals surface area contributed by atoms with Crippen molar-refractivity contribution in [2.24, 2.45) is 13.0 Å². The van der Waals surface area contributed by atoms with E-state index in [-0.39, 0.29) is 31.6 Å². The highest BCUT2D eigenvalue weighted by Crippen LogP contribution is 2.36. The second kappa shape index (κ2) is 13.0. The number of fused-ring (bicyclic) bond motifs is 1. The lowest BCUT2D eigenvalue weighted by atomic mass is 9.97. The number of aromatic nitrogens is 6. The highest BCUT2D eigenvalue weighted by Gasteiger charge is 2.32. The number of aryl methyl sites for hydroxylation is 3. The van der Waals surface area contributed by atoms with Crippen LogP contribution in [0.2, 0.25) is 0 Å². The van der Waals surface area contributed by atoms with E-state index in [1.807, 2.05) is 26.0 Å². The largest absolute Gasteiger partial charge is 0.469 e. The van der Waals surface area contributed by atoms with Gasteiger partial charge in [0.05, 0.1) is 36.4 Å². The van der Waals surface area contributed by atoms with Crippen LogP contribution in [0.4, 0.5) is 0 Å². The Morgan fingerprint density at radius 3 is 2.26 bits per heavy atom. The molecule has 2 N–H and O–H groups in total. The van der Waals surface area contributed by atoms with Gasteiger partial charge in [0.15, 0.2) is 5.69 Å². The maximum atomic E-state index is 13.8. The molecule has 210 valence electrons. The van der Waals surface area contributed by atoms with Crippen LogP contribution in [0, 0.1) is 19.8 Å². The minimum Gasteiger partial charge on any atom is -0.359 e. The second-order valence-electron chi connectivity index (χ2n) is 8.80. The standard InChI is InChI=1S/C22H33N6O9P/c1-13-7-16-17(8-14(13)2)28(22(29)20(23-16)21-24-25-26-27(21)4)9-18(35-11-33-5)15(3)19(36-12-34-6)10-37-38(30,31)32/h7-8,15,18-19H,9-12H2,1-6H3,(H2,30,31,32)/t15-,18-,19+/m0/s1. The molecule has 0 aliphatic heterocycles. The Bertz CT molecular complexity index is 1340. The highest BCUT2D eigenvalue weighted by molar-refractivity contribution is 7.46. The number of hydrogen-bond donors (Lipinski definition) is 2. The van der Waals surface area contributed by atoms with E-state index in [2.05, 4.69) is 20.5 Å². The van der Waals surface area contributed by atoms with Crippen molar-refractivity contribution >= 4 is 18.9 Å². The predicted octanol–water partition coefficient (Wildman–Crippen LogP) is 0.927. The lowest BCUT2D eigenvalue weighted by Crippen LogP contribution is -2.41. The molecule has 16 heteroatoms. The molecule has 0 bridgehead atoms. The summed E-state index contributed by atoms with van der Waals surface area (Å²) in [6, 6.07) is 3.74. The topological polar surface area (TPSA) is 182 Å². The molecule has 38 heavy (non-hydrogen) atoms. The first-order valence-electron chi connectivity index (χ1n) is 11.6. The van der Waals surface area contributed by atoms with Crippen LogP contribution in [-0.4, -0.2) is 86.2 Å². The number of ether oxygens (including phenoxy) is 4. The van der Waals surface area contributed by atoms with Crippen LogP contribution < -0.4 is 5.56 Å². The Balaban J connectivity index is 2.11. The van der Waals surface area contributed by atoms with Gasteiger partial charge in [-0.2, -0.15) is 0 Å². The molecule has 0 saturated heterocycles. The number of methoxy groups -OCH3 is 2. The van der Waals surface area contributed by atoms with E-state index in [9.17, 15) is 19.1 Å². The zero-order valence-corrected chi connectivity index (χ0v) is 23.0. The molecular formula is C22H33N6O9P. The molecular weight excluding hydrogens is 523 g/mol. The van der Waals surface area contributed by atoms with Gasteiger partial charge >= 0.3 is 7.82 Å². The molecule has 3 aromatic rings. The number of hydrogen-bond acceptors (Lipinski definition) is 11. The normalized spacial score (nSPS) is 14.6. The third-order valence-electron chi connectivity index (χ3n) is 6.14. The maximum Gasteiger partial charge on any atom is 0.469 e. The van der Waals surface area contributed by atoms with E-state index in [1.165, 1.54) is 23.5 Å². The van der Waals surface area contributed by atoms with Crippen molar-refractivity contribution in [3.05, 3.63) is 33.6 Å². The third-order valence-corrected chi connectivity index (χ3v) is 6.62. The summed E-state index contributed by atoms with van der Waals surface area (Å²) in [5.41, 5.74) is 2.68. The molecule has 0 aliphatic rings. The fourth-order valence-electron chi connectivity index (χ4n) is 3.88. The Hall–Kier alpha value is -2.62. The van der Waals surface area contributed by atoms with Gasteiger partial charge in [0.1, 0.15) is 13.6 Å². The second-order valence-corrected chi connectivity index (χ2v) is 10.0. The quantitative estimate of drug-likeness (QED) is 0.211. The van der Waals surface area contributed by atoms with E-state index in [0.29, 0.717) is 11.0 Å². The number of benzene rings is 1. The maximum absolute atomic E-state index is 13.8. The van der Waals surface area contributed by atoms with E-state index < -0.39 is 38.1 Å². The van der Waals surface area contributed by atoms with E-state index >= 15 is 0 Å². The molecule has 15 nitrogen and oxygen atoms in total. The monoisotopic (exact) mass is 556 g/mol. The molecule has 0 aliphatic carbocycles. The van der Waals surface area contributed by atoms with E-state index in [4.69, 9.17) is 23.5 Å². The fourth-order valence-corrected chi connectivity index (χ4v) is 4.22. The van der Waals surface area contributed by atoms with Crippen LogP contribution in [0.25, 0.3) is 22.6 Å². The molecule has 0 unspecified atom stereocenters. The smallest absolute Gasteiger partial charge is 0.359 e. The van der Waals surface area contributed by atoms with Crippen molar-refractivity contribution in [1.29, 1.82) is 0 Å². The highest BCUT2D eigenvalue weighted by atomic mass is 31.2. The molecule has 2 heterocycles. The molecule has 3 atom stereocenters. The first-order chi connectivity index (χ1) is 18.0. The van der Waals surface area contributed by atoms with Gasteiger partial charge in [-0.15, -0.1) is 5.10 Å². The summed E-state index contributed by atoms with van der Waals surface area (Å²) in [6.45, 7) is 4.94. The average Bonchev–Trinajstić information content (AvgIpc) is 3.28. The molecule has 0 radical (unpaired) electrons. The Morgan fingerprint density at radius 2 is 1.68 bits per heavy atom. The number of tetrazole rings is 1. The Labute approximate surface area is 218 Å². The Kier molecular flexibility index (Phi) is 10.2. The van der Waals surface area contributed by atoms with Gasteiger partial charge in [-0.3, -0.25) is 9.32 Å². The van der Waals surface area contributed by atoms with Crippen molar-refractivity contribution in [2.75, 3.05) is 34.4 Å². The molecule has 3 rings (SSSR count). The Morgan fingerprint density at radius 1 is 1.05 bits per heavy atom. The van der Waals surface area contributed by atoms with Crippen LogP contribution in [0.1, 0.15) is 18.1 Å². The summed E-state index contributed by atoms with van der Waals surface area (Å²) in [7, 11) is -0.290. The minimum atomic E-state index is -4.77. The zero-order chi connectivity index (χ0) is 28.0. The lowest BCUT2D eigenvalue weighted by molar-refractivity contribution is -0.150. The van der Waals surface area contributed by atoms with Crippen LogP contribution >= 0.6 is 7.82 Å². The summed E-state index contributed by atoms with van der Waals surface area (Å²) in [4.78, 5) is 36.8. The molecule has 2 aromatic heterocycles. The van der Waals surface area contributed by atoms with Crippen molar-refractivity contribution in [3.63, 3.8) is 0 Å². The van der Waals surface area contributed by atoms with Gasteiger partial charge in [0, 0.05) is 27.2 Å². The van der Waals surface area contributed by atoms with Gasteiger partial charge in [-0.05, 0) is 47.5 Å². The number of phosphoric acid groups is 1. The van der Waals surface area contributed by atoms with Gasteiger partial charge in [0.25, 0.3) is 5.56 Å². The first kappa shape index (κ1) is 29.9. The number of rotatable bonds is 14. The van der Waals surface area contributed by atoms with Crippen LogP contribution in [0.5, 0.6) is 0 Å². The van der Waals surface area contributed by atoms with Crippen molar-refractivity contribution in [2.45, 2.75) is 39.5 Å². The van der Waals surface area contributed by atoms with Crippen LogP contribution in [0.15, 0.2) is 16.9 Å². The van der Waals surface area contributed by atoms with E-state index in [1.54, 1.807) is 14.0 Å². The van der Waals surface area contributed by atoms with Crippen LogP contribution in [0.3, 0.4) is 0 Å². The molecule has 0 spiro atoms. The molecule has 0 fully saturated rings. The predicted molar refractivity (Wildman–Crippen MR) is 134 cm³/mol. The first-order valence-corrected chi connectivity index (χ1v) is 13.2. The van der Waals surface area contributed by atoms with Gasteiger partial charge < -0.3 is 33.3 Å². The lowest BCUT2D eigenvalue weighted by Gasteiger charge is -2.31. The summed E-state index contributed by atoms with van der Waals surface area (Å²) in [5, 5.41) is 11.4. The number of phosphoric ester groups is 1. The van der Waals surface area contributed by atoms with Gasteiger partial charge in [-0.1, -0.05) is 6.92 Å². The third kappa shape index (κ3) is 7.27. The number of nitrogens with zero attached hydrogens (tertiary/aromatic N) is 6. The van der Waals surface area contributed by atoms with Gasteiger partial charge in [0.2, 0.25) is 5.82 Å². The minimum absolute atomic E-state index is 0.0198. The zero-order valence-electron chi connectivity index (χ0n) is 22.1. The summed E-state index contributed by atoms with van der Waals surface area (Å²) < 4.78 is 40.6. The van der Waals surface area contributed by atoms with Crippen molar-refractivity contribution in [1.82, 2.24) is 29.8 Å². The fraction of sp³-hybridized carbons (Fsp3) is 0.591. The molecule has 0 amide bonds. The van der Waals surface area contributed by atoms with E-state index in [0.717, 1.165) is 11.1 Å².